The lowest BCUT2D eigenvalue weighted by atomic mass is 10.1. The van der Waals surface area contributed by atoms with Crippen LogP contribution in [-0.4, -0.2) is 22.8 Å². The summed E-state index contributed by atoms with van der Waals surface area (Å²) in [5, 5.41) is 7.73. The van der Waals surface area contributed by atoms with Gasteiger partial charge in [-0.2, -0.15) is 5.10 Å². The number of para-hydroxylation sites is 1. The molecule has 0 unspecified atom stereocenters. The molecule has 0 fully saturated rings. The lowest BCUT2D eigenvalue weighted by Crippen LogP contribution is -2.10. The number of nitrogens with one attached hydrogen (secondary N) is 1. The van der Waals surface area contributed by atoms with Crippen LogP contribution in [-0.2, 0) is 7.05 Å². The highest BCUT2D eigenvalue weighted by Crippen LogP contribution is 2.24. The summed E-state index contributed by atoms with van der Waals surface area (Å²) in [6, 6.07) is 5.75. The highest BCUT2D eigenvalue weighted by atomic mass is 19.3. The Kier molecular flexibility index (Phi) is 5.07. The SMILES string of the molecule is CC.Cc1cccc2c(NCC(F)F)nn(C)c12. The molecular weight excluding hydrogens is 236 g/mol. The molecule has 0 bridgehead atoms. The predicted molar refractivity (Wildman–Crippen MR) is 71.3 cm³/mol. The third kappa shape index (κ3) is 2.97. The van der Waals surface area contributed by atoms with E-state index in [9.17, 15) is 8.78 Å². The zero-order valence-electron chi connectivity index (χ0n) is 11.2. The molecule has 0 spiro atoms. The van der Waals surface area contributed by atoms with Crippen molar-refractivity contribution in [3.63, 3.8) is 0 Å². The lowest BCUT2D eigenvalue weighted by Gasteiger charge is -2.01. The molecular formula is C13H19F2N3. The van der Waals surface area contributed by atoms with Gasteiger partial charge in [0.15, 0.2) is 5.82 Å². The largest absolute Gasteiger partial charge is 0.362 e. The van der Waals surface area contributed by atoms with Crippen molar-refractivity contribution < 1.29 is 8.78 Å². The van der Waals surface area contributed by atoms with Crippen LogP contribution in [0.4, 0.5) is 14.6 Å². The van der Waals surface area contributed by atoms with Gasteiger partial charge in [0.1, 0.15) is 0 Å². The van der Waals surface area contributed by atoms with Gasteiger partial charge in [0.2, 0.25) is 0 Å². The molecule has 0 amide bonds. The molecule has 1 heterocycles. The monoisotopic (exact) mass is 255 g/mol. The van der Waals surface area contributed by atoms with E-state index in [0.29, 0.717) is 5.82 Å². The second kappa shape index (κ2) is 6.33. The number of alkyl halides is 2. The van der Waals surface area contributed by atoms with Crippen molar-refractivity contribution in [3.8, 4) is 0 Å². The number of hydrogen-bond donors (Lipinski definition) is 1. The lowest BCUT2D eigenvalue weighted by molar-refractivity contribution is 0.163. The van der Waals surface area contributed by atoms with Crippen molar-refractivity contribution in [2.45, 2.75) is 27.2 Å². The van der Waals surface area contributed by atoms with E-state index < -0.39 is 6.43 Å². The number of fused-ring (bicyclic) bond motifs is 1. The van der Waals surface area contributed by atoms with Crippen LogP contribution in [0, 0.1) is 6.92 Å². The van der Waals surface area contributed by atoms with E-state index in [1.54, 1.807) is 4.68 Å². The number of halogens is 2. The molecule has 0 saturated heterocycles. The minimum atomic E-state index is -2.37. The van der Waals surface area contributed by atoms with Crippen LogP contribution in [0.5, 0.6) is 0 Å². The molecule has 0 atom stereocenters. The molecule has 1 aromatic heterocycles. The van der Waals surface area contributed by atoms with Crippen LogP contribution in [0.2, 0.25) is 0 Å². The Labute approximate surface area is 106 Å². The fourth-order valence-electron chi connectivity index (χ4n) is 1.84. The number of benzene rings is 1. The Morgan fingerprint density at radius 1 is 1.33 bits per heavy atom. The second-order valence-corrected chi connectivity index (χ2v) is 3.72. The van der Waals surface area contributed by atoms with Gasteiger partial charge in [-0.15, -0.1) is 0 Å². The van der Waals surface area contributed by atoms with Crippen LogP contribution in [0.15, 0.2) is 18.2 Å². The Hall–Kier alpha value is -1.65. The summed E-state index contributed by atoms with van der Waals surface area (Å²) in [5.74, 6) is 0.515. The molecule has 3 nitrogen and oxygen atoms in total. The maximum atomic E-state index is 12.1. The summed E-state index contributed by atoms with van der Waals surface area (Å²) in [4.78, 5) is 0. The van der Waals surface area contributed by atoms with E-state index in [4.69, 9.17) is 0 Å². The summed E-state index contributed by atoms with van der Waals surface area (Å²) in [5.41, 5.74) is 2.05. The smallest absolute Gasteiger partial charge is 0.255 e. The number of anilines is 1. The molecule has 1 N–H and O–H groups in total. The maximum Gasteiger partial charge on any atom is 0.255 e. The number of aromatic nitrogens is 2. The molecule has 2 aromatic rings. The van der Waals surface area contributed by atoms with Gasteiger partial charge in [-0.25, -0.2) is 8.78 Å². The summed E-state index contributed by atoms with van der Waals surface area (Å²) in [7, 11) is 1.81. The van der Waals surface area contributed by atoms with Crippen molar-refractivity contribution in [3.05, 3.63) is 23.8 Å². The molecule has 100 valence electrons. The average Bonchev–Trinajstić information content (AvgIpc) is 2.68. The third-order valence-corrected chi connectivity index (χ3v) is 2.49. The summed E-state index contributed by atoms with van der Waals surface area (Å²) in [6.07, 6.45) is -2.37. The van der Waals surface area contributed by atoms with Crippen molar-refractivity contribution >= 4 is 16.7 Å². The predicted octanol–water partition coefficient (Wildman–Crippen LogP) is 3.58. The fourth-order valence-corrected chi connectivity index (χ4v) is 1.84. The highest BCUT2D eigenvalue weighted by molar-refractivity contribution is 5.92. The molecule has 0 aliphatic heterocycles. The topological polar surface area (TPSA) is 29.9 Å². The number of hydrogen-bond acceptors (Lipinski definition) is 2. The van der Waals surface area contributed by atoms with Gasteiger partial charge in [-0.1, -0.05) is 26.0 Å². The maximum absolute atomic E-state index is 12.1. The van der Waals surface area contributed by atoms with Gasteiger partial charge < -0.3 is 5.32 Å². The van der Waals surface area contributed by atoms with E-state index in [2.05, 4.69) is 10.4 Å². The Morgan fingerprint density at radius 2 is 2.00 bits per heavy atom. The second-order valence-electron chi connectivity index (χ2n) is 3.72. The Balaban J connectivity index is 0.000000771. The van der Waals surface area contributed by atoms with Gasteiger partial charge in [0.25, 0.3) is 6.43 Å². The molecule has 0 radical (unpaired) electrons. The van der Waals surface area contributed by atoms with Gasteiger partial charge >= 0.3 is 0 Å². The van der Waals surface area contributed by atoms with E-state index in [-0.39, 0.29) is 6.54 Å². The van der Waals surface area contributed by atoms with Crippen LogP contribution >= 0.6 is 0 Å². The minimum Gasteiger partial charge on any atom is -0.362 e. The first kappa shape index (κ1) is 14.4. The van der Waals surface area contributed by atoms with Crippen molar-refractivity contribution in [2.75, 3.05) is 11.9 Å². The number of aryl methyl sites for hydroxylation is 2. The molecule has 0 aliphatic rings. The average molecular weight is 255 g/mol. The first-order valence-corrected chi connectivity index (χ1v) is 6.04. The van der Waals surface area contributed by atoms with E-state index >= 15 is 0 Å². The summed E-state index contributed by atoms with van der Waals surface area (Å²) in [6.45, 7) is 5.60. The van der Waals surface area contributed by atoms with E-state index in [1.165, 1.54) is 0 Å². The Bertz CT molecular complexity index is 506. The minimum absolute atomic E-state index is 0.375. The zero-order valence-corrected chi connectivity index (χ0v) is 11.2. The van der Waals surface area contributed by atoms with Crippen LogP contribution < -0.4 is 5.32 Å². The molecule has 5 heteroatoms. The van der Waals surface area contributed by atoms with Crippen molar-refractivity contribution in [1.82, 2.24) is 9.78 Å². The first-order valence-electron chi connectivity index (χ1n) is 6.04. The van der Waals surface area contributed by atoms with Gasteiger partial charge in [-0.3, -0.25) is 4.68 Å². The zero-order chi connectivity index (χ0) is 13.7. The first-order chi connectivity index (χ1) is 8.59. The Morgan fingerprint density at radius 3 is 2.61 bits per heavy atom. The van der Waals surface area contributed by atoms with E-state index in [0.717, 1.165) is 16.5 Å². The highest BCUT2D eigenvalue weighted by Gasteiger charge is 2.11. The normalized spacial score (nSPS) is 10.4. The summed E-state index contributed by atoms with van der Waals surface area (Å²) >= 11 is 0. The van der Waals surface area contributed by atoms with Crippen molar-refractivity contribution in [2.24, 2.45) is 7.05 Å². The molecule has 18 heavy (non-hydrogen) atoms. The van der Waals surface area contributed by atoms with Crippen molar-refractivity contribution in [1.29, 1.82) is 0 Å². The van der Waals surface area contributed by atoms with Crippen LogP contribution in [0.1, 0.15) is 19.4 Å². The number of nitrogens with zero attached hydrogens (tertiary/aromatic N) is 2. The molecule has 1 aromatic carbocycles. The molecule has 0 saturated carbocycles. The molecule has 0 aliphatic carbocycles. The van der Waals surface area contributed by atoms with Crippen LogP contribution in [0.3, 0.4) is 0 Å². The summed E-state index contributed by atoms with van der Waals surface area (Å²) < 4.78 is 25.9. The quantitative estimate of drug-likeness (QED) is 0.908. The number of rotatable bonds is 3. The van der Waals surface area contributed by atoms with Crippen LogP contribution in [0.25, 0.3) is 10.9 Å². The third-order valence-electron chi connectivity index (χ3n) is 2.49. The molecule has 2 rings (SSSR count). The fraction of sp³-hybridized carbons (Fsp3) is 0.462. The standard InChI is InChI=1S/C11H13F2N3.C2H6/c1-7-4-3-5-8-10(7)16(2)15-11(8)14-6-9(12)13;1-2/h3-5,9H,6H2,1-2H3,(H,14,15);1-2H3. The van der Waals surface area contributed by atoms with Gasteiger partial charge in [0, 0.05) is 12.4 Å². The van der Waals surface area contributed by atoms with E-state index in [1.807, 2.05) is 46.0 Å². The van der Waals surface area contributed by atoms with Gasteiger partial charge in [-0.05, 0) is 18.6 Å². The van der Waals surface area contributed by atoms with Gasteiger partial charge in [0.05, 0.1) is 12.1 Å².